The molecule has 26 heavy (non-hydrogen) atoms. The first-order chi connectivity index (χ1) is 12.6. The molecular weight excluding hydrogens is 322 g/mol. The zero-order valence-corrected chi connectivity index (χ0v) is 15.7. The molecule has 3 nitrogen and oxygen atoms in total. The molecule has 2 aliphatic rings. The van der Waals surface area contributed by atoms with Crippen molar-refractivity contribution in [1.82, 2.24) is 0 Å². The molecule has 2 aromatic carbocycles. The van der Waals surface area contributed by atoms with E-state index in [0.717, 1.165) is 18.8 Å². The van der Waals surface area contributed by atoms with Crippen LogP contribution in [-0.4, -0.2) is 25.0 Å². The number of ketones is 1. The summed E-state index contributed by atoms with van der Waals surface area (Å²) in [6.07, 6.45) is 3.47. The van der Waals surface area contributed by atoms with Crippen molar-refractivity contribution in [2.45, 2.75) is 51.0 Å². The van der Waals surface area contributed by atoms with Gasteiger partial charge in [0.15, 0.2) is 0 Å². The van der Waals surface area contributed by atoms with Crippen LogP contribution in [-0.2, 0) is 4.79 Å². The molecule has 0 unspecified atom stereocenters. The number of anilines is 1. The van der Waals surface area contributed by atoms with Crippen LogP contribution in [0.25, 0.3) is 0 Å². The van der Waals surface area contributed by atoms with Crippen LogP contribution in [0.4, 0.5) is 5.69 Å². The highest BCUT2D eigenvalue weighted by atomic mass is 16.5. The van der Waals surface area contributed by atoms with Gasteiger partial charge in [-0.05, 0) is 61.1 Å². The maximum absolute atomic E-state index is 11.3. The SMILES string of the molecule is CC(=O)C[C@@H](C)c1ccc(C2CN(c3ccc(OC4CC4)cc3)C2)cc1. The monoisotopic (exact) mass is 349 g/mol. The number of Topliss-reactive ketones (excluding diaryl/α,β-unsaturated/α-hetero) is 1. The molecule has 0 amide bonds. The van der Waals surface area contributed by atoms with E-state index < -0.39 is 0 Å². The molecule has 1 saturated carbocycles. The van der Waals surface area contributed by atoms with E-state index in [1.165, 1.54) is 29.7 Å². The number of benzene rings is 2. The summed E-state index contributed by atoms with van der Waals surface area (Å²) < 4.78 is 5.82. The first-order valence-electron chi connectivity index (χ1n) is 9.69. The standard InChI is InChI=1S/C23H27NO2/c1-16(13-17(2)25)18-3-5-19(6-4-18)20-14-24(15-20)21-7-9-22(10-8-21)26-23-11-12-23/h3-10,16,20,23H,11-15H2,1-2H3/t16-/m1/s1. The Morgan fingerprint density at radius 2 is 1.73 bits per heavy atom. The third-order valence-electron chi connectivity index (χ3n) is 5.48. The Kier molecular flexibility index (Phi) is 4.71. The van der Waals surface area contributed by atoms with Crippen LogP contribution < -0.4 is 9.64 Å². The molecule has 0 aromatic heterocycles. The Labute approximate surface area is 156 Å². The predicted molar refractivity (Wildman–Crippen MR) is 105 cm³/mol. The third-order valence-corrected chi connectivity index (χ3v) is 5.48. The quantitative estimate of drug-likeness (QED) is 0.711. The van der Waals surface area contributed by atoms with Gasteiger partial charge < -0.3 is 14.4 Å². The molecule has 0 radical (unpaired) electrons. The van der Waals surface area contributed by atoms with Gasteiger partial charge in [0, 0.05) is 31.1 Å². The molecule has 2 fully saturated rings. The second-order valence-electron chi connectivity index (χ2n) is 7.89. The smallest absolute Gasteiger partial charge is 0.130 e. The number of ether oxygens (including phenoxy) is 1. The summed E-state index contributed by atoms with van der Waals surface area (Å²) in [5, 5.41) is 0. The van der Waals surface area contributed by atoms with Crippen molar-refractivity contribution in [2.75, 3.05) is 18.0 Å². The number of hydrogen-bond acceptors (Lipinski definition) is 3. The summed E-state index contributed by atoms with van der Waals surface area (Å²) in [5.74, 6) is 2.14. The summed E-state index contributed by atoms with van der Waals surface area (Å²) in [5.41, 5.74) is 3.93. The summed E-state index contributed by atoms with van der Waals surface area (Å²) in [4.78, 5) is 13.7. The Morgan fingerprint density at radius 3 is 2.31 bits per heavy atom. The molecule has 0 spiro atoms. The molecule has 1 saturated heterocycles. The Morgan fingerprint density at radius 1 is 1.08 bits per heavy atom. The lowest BCUT2D eigenvalue weighted by Gasteiger charge is -2.41. The Bertz CT molecular complexity index is 756. The van der Waals surface area contributed by atoms with Crippen LogP contribution in [0.3, 0.4) is 0 Å². The van der Waals surface area contributed by atoms with Gasteiger partial charge in [-0.2, -0.15) is 0 Å². The lowest BCUT2D eigenvalue weighted by atomic mass is 9.88. The van der Waals surface area contributed by atoms with E-state index in [9.17, 15) is 4.79 Å². The summed E-state index contributed by atoms with van der Waals surface area (Å²) in [6.45, 7) is 5.91. The van der Waals surface area contributed by atoms with E-state index in [1.807, 2.05) is 0 Å². The molecule has 2 aromatic rings. The van der Waals surface area contributed by atoms with Gasteiger partial charge in [-0.15, -0.1) is 0 Å². The van der Waals surface area contributed by atoms with Crippen LogP contribution in [0.5, 0.6) is 5.75 Å². The van der Waals surface area contributed by atoms with Gasteiger partial charge in [0.1, 0.15) is 11.5 Å². The average Bonchev–Trinajstić information content (AvgIpc) is 3.39. The highest BCUT2D eigenvalue weighted by Gasteiger charge is 2.28. The minimum absolute atomic E-state index is 0.254. The van der Waals surface area contributed by atoms with Crippen molar-refractivity contribution >= 4 is 11.5 Å². The van der Waals surface area contributed by atoms with Crippen molar-refractivity contribution in [3.8, 4) is 5.75 Å². The fourth-order valence-electron chi connectivity index (χ4n) is 3.66. The van der Waals surface area contributed by atoms with Crippen molar-refractivity contribution < 1.29 is 9.53 Å². The van der Waals surface area contributed by atoms with Gasteiger partial charge in [0.25, 0.3) is 0 Å². The maximum Gasteiger partial charge on any atom is 0.130 e. The number of nitrogens with zero attached hydrogens (tertiary/aromatic N) is 1. The molecule has 1 aliphatic carbocycles. The zero-order valence-electron chi connectivity index (χ0n) is 15.7. The van der Waals surface area contributed by atoms with Crippen LogP contribution in [0.15, 0.2) is 48.5 Å². The first kappa shape index (κ1) is 17.1. The molecule has 136 valence electrons. The van der Waals surface area contributed by atoms with E-state index in [4.69, 9.17) is 4.74 Å². The lowest BCUT2D eigenvalue weighted by Crippen LogP contribution is -2.45. The summed E-state index contributed by atoms with van der Waals surface area (Å²) in [7, 11) is 0. The molecule has 3 heteroatoms. The van der Waals surface area contributed by atoms with E-state index in [-0.39, 0.29) is 5.78 Å². The largest absolute Gasteiger partial charge is 0.490 e. The van der Waals surface area contributed by atoms with Gasteiger partial charge in [-0.1, -0.05) is 31.2 Å². The zero-order chi connectivity index (χ0) is 18.1. The minimum Gasteiger partial charge on any atom is -0.490 e. The molecule has 1 atom stereocenters. The highest BCUT2D eigenvalue weighted by molar-refractivity contribution is 5.76. The number of carbonyl (C=O) groups excluding carboxylic acids is 1. The van der Waals surface area contributed by atoms with Crippen LogP contribution in [0.2, 0.25) is 0 Å². The van der Waals surface area contributed by atoms with Gasteiger partial charge in [0.05, 0.1) is 6.10 Å². The minimum atomic E-state index is 0.254. The maximum atomic E-state index is 11.3. The molecule has 1 aliphatic heterocycles. The number of hydrogen-bond donors (Lipinski definition) is 0. The fourth-order valence-corrected chi connectivity index (χ4v) is 3.66. The van der Waals surface area contributed by atoms with E-state index >= 15 is 0 Å². The van der Waals surface area contributed by atoms with Crippen molar-refractivity contribution in [3.63, 3.8) is 0 Å². The topological polar surface area (TPSA) is 29.5 Å². The molecule has 1 heterocycles. The Balaban J connectivity index is 1.31. The molecule has 0 bridgehead atoms. The first-order valence-corrected chi connectivity index (χ1v) is 9.69. The van der Waals surface area contributed by atoms with Crippen LogP contribution in [0, 0.1) is 0 Å². The van der Waals surface area contributed by atoms with Crippen molar-refractivity contribution in [2.24, 2.45) is 0 Å². The molecule has 4 rings (SSSR count). The summed E-state index contributed by atoms with van der Waals surface area (Å²) in [6, 6.07) is 17.4. The second-order valence-corrected chi connectivity index (χ2v) is 7.89. The average molecular weight is 349 g/mol. The van der Waals surface area contributed by atoms with Gasteiger partial charge in [0.2, 0.25) is 0 Å². The third kappa shape index (κ3) is 3.92. The van der Waals surface area contributed by atoms with Crippen LogP contribution in [0.1, 0.15) is 56.1 Å². The van der Waals surface area contributed by atoms with Crippen molar-refractivity contribution in [1.29, 1.82) is 0 Å². The van der Waals surface area contributed by atoms with Gasteiger partial charge >= 0.3 is 0 Å². The van der Waals surface area contributed by atoms with Gasteiger partial charge in [-0.25, -0.2) is 0 Å². The molecule has 0 N–H and O–H groups in total. The lowest BCUT2D eigenvalue weighted by molar-refractivity contribution is -0.117. The fraction of sp³-hybridized carbons (Fsp3) is 0.435. The highest BCUT2D eigenvalue weighted by Crippen LogP contribution is 2.34. The number of rotatable bonds is 7. The van der Waals surface area contributed by atoms with E-state index in [2.05, 4.69) is 60.4 Å². The molecular formula is C23H27NO2. The van der Waals surface area contributed by atoms with Crippen molar-refractivity contribution in [3.05, 3.63) is 59.7 Å². The Hall–Kier alpha value is -2.29. The predicted octanol–water partition coefficient (Wildman–Crippen LogP) is 4.91. The van der Waals surface area contributed by atoms with Gasteiger partial charge in [-0.3, -0.25) is 0 Å². The van der Waals surface area contributed by atoms with Crippen LogP contribution >= 0.6 is 0 Å². The second kappa shape index (κ2) is 7.14. The van der Waals surface area contributed by atoms with E-state index in [1.54, 1.807) is 6.92 Å². The normalized spacial score (nSPS) is 18.3. The number of carbonyl (C=O) groups is 1. The summed E-state index contributed by atoms with van der Waals surface area (Å²) >= 11 is 0. The van der Waals surface area contributed by atoms with E-state index in [0.29, 0.717) is 24.4 Å².